The minimum atomic E-state index is 0.132. The van der Waals surface area contributed by atoms with Gasteiger partial charge in [0.05, 0.1) is 0 Å². The first-order valence-corrected chi connectivity index (χ1v) is 11.0. The van der Waals surface area contributed by atoms with Crippen molar-refractivity contribution in [3.05, 3.63) is 35.9 Å². The molecule has 3 unspecified atom stereocenters. The largest absolute Gasteiger partial charge is 0.342 e. The van der Waals surface area contributed by atoms with Gasteiger partial charge in [0.1, 0.15) is 0 Å². The molecule has 1 aliphatic carbocycles. The first-order valence-electron chi connectivity index (χ1n) is 11.0. The molecule has 156 valence electrons. The molecule has 4 aliphatic rings. The molecule has 3 heterocycles. The van der Waals surface area contributed by atoms with Crippen LogP contribution in [0.1, 0.15) is 31.2 Å². The summed E-state index contributed by atoms with van der Waals surface area (Å²) in [6.45, 7) is 3.26. The number of likely N-dealkylation sites (tertiary alicyclic amines) is 2. The molecule has 1 saturated carbocycles. The van der Waals surface area contributed by atoms with Crippen molar-refractivity contribution in [1.29, 1.82) is 0 Å². The SMILES string of the molecule is O=C(CCc1ccccc1)N1C[C@@H]2CN(C(=O)C3CCC4NNNC4C3)C[C@H]2C1. The molecule has 5 atom stereocenters. The van der Waals surface area contributed by atoms with Crippen LogP contribution < -0.4 is 16.4 Å². The van der Waals surface area contributed by atoms with Crippen molar-refractivity contribution in [3.8, 4) is 0 Å². The maximum atomic E-state index is 13.1. The molecule has 2 amide bonds. The van der Waals surface area contributed by atoms with Crippen molar-refractivity contribution in [2.24, 2.45) is 17.8 Å². The number of rotatable bonds is 4. The molecule has 3 N–H and O–H groups in total. The van der Waals surface area contributed by atoms with Crippen LogP contribution in [0, 0.1) is 17.8 Å². The molecule has 29 heavy (non-hydrogen) atoms. The maximum absolute atomic E-state index is 13.1. The van der Waals surface area contributed by atoms with E-state index in [1.165, 1.54) is 5.56 Å². The molecule has 1 aromatic rings. The third-order valence-electron chi connectivity index (χ3n) is 7.34. The number of fused-ring (bicyclic) bond motifs is 2. The second-order valence-electron chi connectivity index (χ2n) is 9.18. The quantitative estimate of drug-likeness (QED) is 0.697. The summed E-state index contributed by atoms with van der Waals surface area (Å²) in [5.74, 6) is 1.61. The zero-order chi connectivity index (χ0) is 19.8. The number of hydrazine groups is 2. The molecule has 3 saturated heterocycles. The van der Waals surface area contributed by atoms with Gasteiger partial charge in [-0.25, -0.2) is 10.9 Å². The zero-order valence-electron chi connectivity index (χ0n) is 16.8. The lowest BCUT2D eigenvalue weighted by molar-refractivity contribution is -0.136. The van der Waals surface area contributed by atoms with Crippen molar-refractivity contribution in [3.63, 3.8) is 0 Å². The van der Waals surface area contributed by atoms with Gasteiger partial charge >= 0.3 is 0 Å². The van der Waals surface area contributed by atoms with E-state index in [0.29, 0.717) is 36.2 Å². The van der Waals surface area contributed by atoms with E-state index in [1.807, 2.05) is 23.1 Å². The standard InChI is InChI=1S/C22H31N5O2/c28-21(9-6-15-4-2-1-3-5-15)26-11-17-13-27(14-18(17)12-26)22(29)16-7-8-19-20(10-16)24-25-23-19/h1-5,16-20,23-25H,6-14H2/t16?,17-,18-,19?,20?/m1/s1. The number of benzene rings is 1. The average molecular weight is 398 g/mol. The van der Waals surface area contributed by atoms with E-state index in [4.69, 9.17) is 0 Å². The highest BCUT2D eigenvalue weighted by Gasteiger charge is 2.45. The van der Waals surface area contributed by atoms with E-state index in [9.17, 15) is 9.59 Å². The Hall–Kier alpha value is -1.96. The van der Waals surface area contributed by atoms with Crippen molar-refractivity contribution < 1.29 is 9.59 Å². The van der Waals surface area contributed by atoms with E-state index in [1.54, 1.807) is 0 Å². The van der Waals surface area contributed by atoms with Crippen LogP contribution in [0.3, 0.4) is 0 Å². The second kappa shape index (κ2) is 8.05. The zero-order valence-corrected chi connectivity index (χ0v) is 16.8. The number of hydrogen-bond donors (Lipinski definition) is 3. The Morgan fingerprint density at radius 2 is 1.59 bits per heavy atom. The van der Waals surface area contributed by atoms with Crippen LogP contribution in [0.4, 0.5) is 0 Å². The smallest absolute Gasteiger partial charge is 0.225 e. The van der Waals surface area contributed by atoms with E-state index < -0.39 is 0 Å². The minimum absolute atomic E-state index is 0.132. The van der Waals surface area contributed by atoms with Gasteiger partial charge in [0.15, 0.2) is 0 Å². The van der Waals surface area contributed by atoms with Gasteiger partial charge in [-0.05, 0) is 31.2 Å². The molecular weight excluding hydrogens is 366 g/mol. The van der Waals surface area contributed by atoms with Gasteiger partial charge in [-0.15, -0.1) is 0 Å². The van der Waals surface area contributed by atoms with Gasteiger partial charge in [0, 0.05) is 62.4 Å². The lowest BCUT2D eigenvalue weighted by Crippen LogP contribution is -2.45. The number of carbonyl (C=O) groups is 2. The highest BCUT2D eigenvalue weighted by molar-refractivity contribution is 5.80. The van der Waals surface area contributed by atoms with Crippen molar-refractivity contribution in [1.82, 2.24) is 26.2 Å². The van der Waals surface area contributed by atoms with Gasteiger partial charge in [-0.3, -0.25) is 9.59 Å². The Bertz CT molecular complexity index is 743. The number of amides is 2. The fourth-order valence-electron chi connectivity index (χ4n) is 5.64. The van der Waals surface area contributed by atoms with Gasteiger partial charge in [0.2, 0.25) is 11.8 Å². The van der Waals surface area contributed by atoms with Crippen LogP contribution in [0.25, 0.3) is 0 Å². The normalized spacial score (nSPS) is 33.6. The van der Waals surface area contributed by atoms with Crippen molar-refractivity contribution in [2.45, 2.75) is 44.2 Å². The van der Waals surface area contributed by atoms with Crippen molar-refractivity contribution >= 4 is 11.8 Å². The fourth-order valence-corrected chi connectivity index (χ4v) is 5.64. The van der Waals surface area contributed by atoms with Crippen molar-refractivity contribution in [2.75, 3.05) is 26.2 Å². The Balaban J connectivity index is 1.10. The molecule has 5 rings (SSSR count). The summed E-state index contributed by atoms with van der Waals surface area (Å²) in [4.78, 5) is 29.8. The molecule has 0 spiro atoms. The lowest BCUT2D eigenvalue weighted by atomic mass is 9.82. The minimum Gasteiger partial charge on any atom is -0.342 e. The van der Waals surface area contributed by atoms with Crippen LogP contribution in [-0.2, 0) is 16.0 Å². The summed E-state index contributed by atoms with van der Waals surface area (Å²) in [6.07, 6.45) is 4.28. The summed E-state index contributed by atoms with van der Waals surface area (Å²) >= 11 is 0. The lowest BCUT2D eigenvalue weighted by Gasteiger charge is -2.32. The van der Waals surface area contributed by atoms with E-state index in [-0.39, 0.29) is 11.8 Å². The molecule has 7 nitrogen and oxygen atoms in total. The molecule has 4 fully saturated rings. The van der Waals surface area contributed by atoms with Gasteiger partial charge < -0.3 is 9.80 Å². The molecule has 3 aliphatic heterocycles. The predicted octanol–water partition coefficient (Wildman–Crippen LogP) is 0.686. The third kappa shape index (κ3) is 3.91. The van der Waals surface area contributed by atoms with E-state index in [2.05, 4.69) is 33.4 Å². The molecule has 7 heteroatoms. The summed E-state index contributed by atoms with van der Waals surface area (Å²) < 4.78 is 0. The monoisotopic (exact) mass is 397 g/mol. The molecule has 0 bridgehead atoms. The van der Waals surface area contributed by atoms with E-state index >= 15 is 0 Å². The van der Waals surface area contributed by atoms with Gasteiger partial charge in [-0.1, -0.05) is 30.3 Å². The first-order chi connectivity index (χ1) is 14.2. The number of carbonyl (C=O) groups excluding carboxylic acids is 2. The van der Waals surface area contributed by atoms with Crippen LogP contribution in [-0.4, -0.2) is 59.9 Å². The average Bonchev–Trinajstić information content (AvgIpc) is 3.46. The Morgan fingerprint density at radius 3 is 2.34 bits per heavy atom. The van der Waals surface area contributed by atoms with Gasteiger partial charge in [0.25, 0.3) is 0 Å². The highest BCUT2D eigenvalue weighted by atomic mass is 16.2. The summed E-state index contributed by atoms with van der Waals surface area (Å²) in [5.41, 5.74) is 10.7. The third-order valence-corrected chi connectivity index (χ3v) is 7.34. The number of aryl methyl sites for hydroxylation is 1. The highest BCUT2D eigenvalue weighted by Crippen LogP contribution is 2.34. The summed E-state index contributed by atoms with van der Waals surface area (Å²) in [5, 5.41) is 0. The molecule has 0 radical (unpaired) electrons. The number of nitrogens with one attached hydrogen (secondary N) is 3. The van der Waals surface area contributed by atoms with Crippen LogP contribution in [0.15, 0.2) is 30.3 Å². The fraction of sp³-hybridized carbons (Fsp3) is 0.636. The topological polar surface area (TPSA) is 76.7 Å². The molecule has 1 aromatic carbocycles. The summed E-state index contributed by atoms with van der Waals surface area (Å²) in [6, 6.07) is 11.0. The Kier molecular flexibility index (Phi) is 5.28. The maximum Gasteiger partial charge on any atom is 0.225 e. The number of hydrogen-bond acceptors (Lipinski definition) is 5. The van der Waals surface area contributed by atoms with Gasteiger partial charge in [-0.2, -0.15) is 5.53 Å². The molecular formula is C22H31N5O2. The number of nitrogens with zero attached hydrogens (tertiary/aromatic N) is 2. The summed E-state index contributed by atoms with van der Waals surface area (Å²) in [7, 11) is 0. The predicted molar refractivity (Wildman–Crippen MR) is 109 cm³/mol. The van der Waals surface area contributed by atoms with Crippen LogP contribution in [0.2, 0.25) is 0 Å². The van der Waals surface area contributed by atoms with E-state index in [0.717, 1.165) is 51.9 Å². The Labute approximate surface area is 172 Å². The first kappa shape index (κ1) is 19.0. The second-order valence-corrected chi connectivity index (χ2v) is 9.18. The van der Waals surface area contributed by atoms with Crippen LogP contribution >= 0.6 is 0 Å². The van der Waals surface area contributed by atoms with Crippen LogP contribution in [0.5, 0.6) is 0 Å². The molecule has 0 aromatic heterocycles. The Morgan fingerprint density at radius 1 is 0.897 bits per heavy atom.